The van der Waals surface area contributed by atoms with Crippen molar-refractivity contribution in [3.05, 3.63) is 59.2 Å². The summed E-state index contributed by atoms with van der Waals surface area (Å²) < 4.78 is 24.6. The van der Waals surface area contributed by atoms with Crippen LogP contribution in [-0.4, -0.2) is 70.0 Å². The largest absolute Gasteiger partial charge is 0.461 e. The normalized spacial score (nSPS) is 34.2. The Morgan fingerprint density at radius 2 is 1.56 bits per heavy atom. The smallest absolute Gasteiger partial charge is 0.303 e. The van der Waals surface area contributed by atoms with Crippen LogP contribution in [0, 0.1) is 16.7 Å². The van der Waals surface area contributed by atoms with Gasteiger partial charge < -0.3 is 29.2 Å². The predicted octanol–water partition coefficient (Wildman–Crippen LogP) is 3.37. The topological polar surface area (TPSA) is 146 Å². The number of hydrogen-bond donors (Lipinski definition) is 2. The fourth-order valence-corrected chi connectivity index (χ4v) is 7.69. The Morgan fingerprint density at radius 3 is 2.09 bits per heavy atom. The maximum absolute atomic E-state index is 13.5. The zero-order valence-corrected chi connectivity index (χ0v) is 25.8. The second-order valence-electron chi connectivity index (χ2n) is 12.7. The number of aliphatic hydroxyl groups is 2. The number of carbonyl (C=O) groups is 4. The lowest BCUT2D eigenvalue weighted by atomic mass is 9.54. The molecule has 0 bridgehead atoms. The van der Waals surface area contributed by atoms with Crippen molar-refractivity contribution in [2.45, 2.75) is 104 Å². The fraction of sp³-hybridized carbons (Fsp3) is 0.576. The number of hydrogen-bond acceptors (Lipinski definition) is 10. The molecule has 234 valence electrons. The molecule has 2 fully saturated rings. The molecule has 2 saturated carbocycles. The average Bonchev–Trinajstić information content (AvgIpc) is 3.13. The van der Waals surface area contributed by atoms with Gasteiger partial charge >= 0.3 is 17.9 Å². The molecule has 3 aliphatic rings. The van der Waals surface area contributed by atoms with Crippen molar-refractivity contribution >= 4 is 23.7 Å². The number of benzene rings is 1. The first-order chi connectivity index (χ1) is 20.0. The number of ether oxygens (including phenoxy) is 4. The maximum atomic E-state index is 13.5. The summed E-state index contributed by atoms with van der Waals surface area (Å²) in [6.45, 7) is 14.3. The van der Waals surface area contributed by atoms with Gasteiger partial charge in [0.25, 0.3) is 0 Å². The van der Waals surface area contributed by atoms with Crippen LogP contribution in [0.25, 0.3) is 0 Å². The minimum atomic E-state index is -1.68. The minimum absolute atomic E-state index is 0.0508. The number of carbonyl (C=O) groups excluding carboxylic acids is 4. The number of ketones is 1. The SMILES string of the molecule is C=C1C(=O)C[C@H](OC(C)=O)[C@@]2(C)[C@@H](OC(C)=O)[C@H](OCc3ccccc3)C3=C(C)[C@@H](O)C[C@@]3(C(C)(C)O)[C@@H](OC(C)=O)[C@H]12. The Labute approximate surface area is 252 Å². The van der Waals surface area contributed by atoms with Crippen LogP contribution in [-0.2, 0) is 44.7 Å². The van der Waals surface area contributed by atoms with Crippen LogP contribution in [0.4, 0.5) is 0 Å². The molecule has 0 amide bonds. The molecule has 3 aliphatic carbocycles. The summed E-state index contributed by atoms with van der Waals surface area (Å²) in [4.78, 5) is 51.6. The third-order valence-electron chi connectivity index (χ3n) is 9.61. The molecule has 0 radical (unpaired) electrons. The number of aliphatic hydroxyl groups excluding tert-OH is 1. The molecule has 0 aliphatic heterocycles. The van der Waals surface area contributed by atoms with Gasteiger partial charge in [-0.3, -0.25) is 19.2 Å². The van der Waals surface area contributed by atoms with E-state index in [1.165, 1.54) is 20.8 Å². The Morgan fingerprint density at radius 1 is 1.00 bits per heavy atom. The van der Waals surface area contributed by atoms with Gasteiger partial charge in [0, 0.05) is 33.1 Å². The van der Waals surface area contributed by atoms with E-state index in [9.17, 15) is 29.4 Å². The molecule has 4 rings (SSSR count). The first kappa shape index (κ1) is 32.6. The summed E-state index contributed by atoms with van der Waals surface area (Å²) in [5, 5.41) is 23.4. The van der Waals surface area contributed by atoms with Crippen molar-refractivity contribution in [3.8, 4) is 0 Å². The van der Waals surface area contributed by atoms with E-state index in [0.717, 1.165) is 5.56 Å². The lowest BCUT2D eigenvalue weighted by Crippen LogP contribution is -2.63. The molecule has 10 heteroatoms. The Balaban J connectivity index is 2.13. The van der Waals surface area contributed by atoms with E-state index < -0.39 is 76.6 Å². The van der Waals surface area contributed by atoms with Gasteiger partial charge in [-0.05, 0) is 49.5 Å². The van der Waals surface area contributed by atoms with Crippen LogP contribution in [0.2, 0.25) is 0 Å². The average molecular weight is 599 g/mol. The minimum Gasteiger partial charge on any atom is -0.461 e. The first-order valence-electron chi connectivity index (χ1n) is 14.5. The highest BCUT2D eigenvalue weighted by Gasteiger charge is 2.73. The van der Waals surface area contributed by atoms with E-state index in [0.29, 0.717) is 11.1 Å². The molecule has 0 heterocycles. The Kier molecular flexibility index (Phi) is 8.81. The lowest BCUT2D eigenvalue weighted by Gasteiger charge is -2.54. The Bertz CT molecular complexity index is 1340. The highest BCUT2D eigenvalue weighted by molar-refractivity contribution is 5.97. The second kappa shape index (κ2) is 11.6. The van der Waals surface area contributed by atoms with E-state index >= 15 is 0 Å². The molecule has 1 aromatic rings. The van der Waals surface area contributed by atoms with Crippen molar-refractivity contribution in [2.24, 2.45) is 16.7 Å². The second-order valence-corrected chi connectivity index (χ2v) is 12.7. The van der Waals surface area contributed by atoms with Crippen molar-refractivity contribution in [3.63, 3.8) is 0 Å². The molecule has 2 N–H and O–H groups in total. The standard InChI is InChI=1S/C33H42O10/c1-17-23(37)14-25(41-19(3)34)32(8)27(17)29(42-20(4)35)33(31(6,7)39)15-24(38)18(2)26(33)28(30(32)43-21(5)36)40-16-22-12-10-9-11-13-22/h9-13,24-25,27-30,38-39H,1,14-16H2,2-8H3/t24-,25-,27-,28+,29-,30-,32+,33-/m0/s1. The molecule has 43 heavy (non-hydrogen) atoms. The lowest BCUT2D eigenvalue weighted by molar-refractivity contribution is -0.209. The Hall–Kier alpha value is -3.34. The van der Waals surface area contributed by atoms with E-state index in [1.807, 2.05) is 30.3 Å². The van der Waals surface area contributed by atoms with Crippen LogP contribution in [0.15, 0.2) is 53.6 Å². The van der Waals surface area contributed by atoms with Crippen molar-refractivity contribution in [1.82, 2.24) is 0 Å². The molecule has 0 spiro atoms. The van der Waals surface area contributed by atoms with Gasteiger partial charge in [0.15, 0.2) is 5.78 Å². The van der Waals surface area contributed by atoms with Gasteiger partial charge in [-0.25, -0.2) is 0 Å². The van der Waals surface area contributed by atoms with Crippen LogP contribution in [0.1, 0.15) is 66.9 Å². The van der Waals surface area contributed by atoms with Gasteiger partial charge in [-0.1, -0.05) is 43.8 Å². The predicted molar refractivity (Wildman–Crippen MR) is 154 cm³/mol. The van der Waals surface area contributed by atoms with Crippen molar-refractivity contribution < 1.29 is 48.3 Å². The summed E-state index contributed by atoms with van der Waals surface area (Å²) in [5.41, 5.74) is -2.93. The van der Waals surface area contributed by atoms with Crippen LogP contribution >= 0.6 is 0 Å². The summed E-state index contributed by atoms with van der Waals surface area (Å²) in [6, 6.07) is 9.28. The van der Waals surface area contributed by atoms with Gasteiger partial charge in [0.2, 0.25) is 0 Å². The molecule has 0 aromatic heterocycles. The van der Waals surface area contributed by atoms with Crippen molar-refractivity contribution in [1.29, 1.82) is 0 Å². The van der Waals surface area contributed by atoms with Crippen LogP contribution < -0.4 is 0 Å². The third kappa shape index (κ3) is 5.45. The van der Waals surface area contributed by atoms with Gasteiger partial charge in [-0.15, -0.1) is 0 Å². The van der Waals surface area contributed by atoms with Gasteiger partial charge in [0.05, 0.1) is 29.1 Å². The summed E-state index contributed by atoms with van der Waals surface area (Å²) in [7, 11) is 0. The molecule has 8 atom stereocenters. The van der Waals surface area contributed by atoms with Crippen LogP contribution in [0.5, 0.6) is 0 Å². The van der Waals surface area contributed by atoms with E-state index in [1.54, 1.807) is 27.7 Å². The quantitative estimate of drug-likeness (QED) is 0.207. The fourth-order valence-electron chi connectivity index (χ4n) is 7.69. The molecular formula is C33H42O10. The van der Waals surface area contributed by atoms with Gasteiger partial charge in [0.1, 0.15) is 24.4 Å². The zero-order valence-electron chi connectivity index (χ0n) is 25.8. The molecule has 10 nitrogen and oxygen atoms in total. The molecular weight excluding hydrogens is 556 g/mol. The summed E-state index contributed by atoms with van der Waals surface area (Å²) >= 11 is 0. The number of fused-ring (bicyclic) bond motifs is 2. The van der Waals surface area contributed by atoms with Crippen molar-refractivity contribution in [2.75, 3.05) is 0 Å². The summed E-state index contributed by atoms with van der Waals surface area (Å²) in [6.07, 6.45) is -6.21. The monoisotopic (exact) mass is 598 g/mol. The van der Waals surface area contributed by atoms with Gasteiger partial charge in [-0.2, -0.15) is 0 Å². The van der Waals surface area contributed by atoms with E-state index in [2.05, 4.69) is 6.58 Å². The first-order valence-corrected chi connectivity index (χ1v) is 14.5. The highest BCUT2D eigenvalue weighted by Crippen LogP contribution is 2.65. The highest BCUT2D eigenvalue weighted by atomic mass is 16.6. The van der Waals surface area contributed by atoms with E-state index in [4.69, 9.17) is 18.9 Å². The number of esters is 3. The number of Topliss-reactive ketones (excluding diaryl/α,β-unsaturated/α-hetero) is 1. The van der Waals surface area contributed by atoms with Crippen LogP contribution in [0.3, 0.4) is 0 Å². The molecule has 1 aromatic carbocycles. The third-order valence-corrected chi connectivity index (χ3v) is 9.61. The zero-order chi connectivity index (χ0) is 32.1. The molecule has 0 saturated heterocycles. The number of rotatable bonds is 7. The summed E-state index contributed by atoms with van der Waals surface area (Å²) in [5.74, 6) is -3.57. The molecule has 0 unspecified atom stereocenters. The van der Waals surface area contributed by atoms with E-state index in [-0.39, 0.29) is 25.0 Å². The maximum Gasteiger partial charge on any atom is 0.303 e.